The average Bonchev–Trinajstić information content (AvgIpc) is 2.59. The summed E-state index contributed by atoms with van der Waals surface area (Å²) in [5, 5.41) is 0. The lowest BCUT2D eigenvalue weighted by Crippen LogP contribution is -2.09. The molecule has 1 rings (SSSR count). The summed E-state index contributed by atoms with van der Waals surface area (Å²) in [4.78, 5) is 14.6. The molecule has 15 heavy (non-hydrogen) atoms. The van der Waals surface area contributed by atoms with Crippen molar-refractivity contribution < 1.29 is 9.53 Å². The number of H-pyrrole nitrogens is 1. The minimum Gasteiger partial charge on any atom is -0.461 e. The van der Waals surface area contributed by atoms with Crippen LogP contribution >= 0.6 is 0 Å². The van der Waals surface area contributed by atoms with Gasteiger partial charge in [-0.3, -0.25) is 0 Å². The van der Waals surface area contributed by atoms with E-state index < -0.39 is 0 Å². The van der Waals surface area contributed by atoms with Gasteiger partial charge in [0.05, 0.1) is 6.61 Å². The maximum atomic E-state index is 11.7. The van der Waals surface area contributed by atoms with Gasteiger partial charge in [0.2, 0.25) is 0 Å². The smallest absolute Gasteiger partial charge is 0.355 e. The van der Waals surface area contributed by atoms with E-state index in [-0.39, 0.29) is 5.97 Å². The van der Waals surface area contributed by atoms with Gasteiger partial charge in [0, 0.05) is 6.20 Å². The minimum absolute atomic E-state index is 0.228. The van der Waals surface area contributed by atoms with E-state index in [2.05, 4.69) is 11.9 Å². The molecule has 0 amide bonds. The molecule has 1 aromatic rings. The molecular formula is C12H19NO2. The fourth-order valence-corrected chi connectivity index (χ4v) is 1.57. The Bertz CT molecular complexity index is 328. The Morgan fingerprint density at radius 3 is 2.80 bits per heavy atom. The largest absolute Gasteiger partial charge is 0.461 e. The van der Waals surface area contributed by atoms with Crippen molar-refractivity contribution in [3.05, 3.63) is 23.0 Å². The molecule has 84 valence electrons. The Balaban J connectivity index is 2.65. The molecule has 3 heteroatoms. The fraction of sp³-hybridized carbons (Fsp3) is 0.583. The molecule has 1 N–H and O–H groups in total. The van der Waals surface area contributed by atoms with Crippen molar-refractivity contribution >= 4 is 5.97 Å². The highest BCUT2D eigenvalue weighted by Crippen LogP contribution is 2.14. The molecule has 0 atom stereocenters. The van der Waals surface area contributed by atoms with Crippen LogP contribution in [0.3, 0.4) is 0 Å². The van der Waals surface area contributed by atoms with Crippen molar-refractivity contribution in [2.24, 2.45) is 0 Å². The predicted octanol–water partition coefficient (Wildman–Crippen LogP) is 2.84. The molecule has 0 saturated heterocycles. The first-order valence-electron chi connectivity index (χ1n) is 5.54. The van der Waals surface area contributed by atoms with E-state index in [1.807, 2.05) is 20.0 Å². The second-order valence-corrected chi connectivity index (χ2v) is 3.67. The van der Waals surface area contributed by atoms with Crippen LogP contribution in [-0.4, -0.2) is 17.6 Å². The van der Waals surface area contributed by atoms with Crippen molar-refractivity contribution in [3.63, 3.8) is 0 Å². The summed E-state index contributed by atoms with van der Waals surface area (Å²) in [6.07, 6.45) is 4.67. The molecule has 1 heterocycles. The molecule has 0 unspecified atom stereocenters. The third-order valence-electron chi connectivity index (χ3n) is 2.50. The summed E-state index contributed by atoms with van der Waals surface area (Å²) in [6, 6.07) is 0. The van der Waals surface area contributed by atoms with Gasteiger partial charge in [-0.1, -0.05) is 20.3 Å². The van der Waals surface area contributed by atoms with E-state index in [0.717, 1.165) is 30.4 Å². The average molecular weight is 209 g/mol. The SMILES string of the molecule is CCCCOC(=O)c1[nH]cc(C)c1CC. The van der Waals surface area contributed by atoms with E-state index in [1.165, 1.54) is 0 Å². The molecule has 0 fully saturated rings. The maximum Gasteiger partial charge on any atom is 0.355 e. The van der Waals surface area contributed by atoms with Crippen molar-refractivity contribution in [2.75, 3.05) is 6.61 Å². The zero-order valence-electron chi connectivity index (χ0n) is 9.72. The zero-order valence-corrected chi connectivity index (χ0v) is 9.72. The van der Waals surface area contributed by atoms with Crippen LogP contribution < -0.4 is 0 Å². The van der Waals surface area contributed by atoms with Crippen molar-refractivity contribution in [3.8, 4) is 0 Å². The molecule has 0 bridgehead atoms. The standard InChI is InChI=1S/C12H19NO2/c1-4-6-7-15-12(14)11-10(5-2)9(3)8-13-11/h8,13H,4-7H2,1-3H3. The lowest BCUT2D eigenvalue weighted by molar-refractivity contribution is 0.0492. The zero-order chi connectivity index (χ0) is 11.3. The van der Waals surface area contributed by atoms with Gasteiger partial charge in [-0.05, 0) is 30.9 Å². The molecule has 0 aliphatic rings. The summed E-state index contributed by atoms with van der Waals surface area (Å²) in [6.45, 7) is 6.62. The Kier molecular flexibility index (Phi) is 4.40. The van der Waals surface area contributed by atoms with E-state index >= 15 is 0 Å². The second-order valence-electron chi connectivity index (χ2n) is 3.67. The molecule has 1 aromatic heterocycles. The first-order valence-corrected chi connectivity index (χ1v) is 5.54. The van der Waals surface area contributed by atoms with E-state index in [4.69, 9.17) is 4.74 Å². The molecule has 0 spiro atoms. The van der Waals surface area contributed by atoms with Gasteiger partial charge in [0.1, 0.15) is 5.69 Å². The predicted molar refractivity (Wildman–Crippen MR) is 60.1 cm³/mol. The van der Waals surface area contributed by atoms with Crippen LogP contribution in [0.15, 0.2) is 6.20 Å². The number of hydrogen-bond donors (Lipinski definition) is 1. The highest BCUT2D eigenvalue weighted by Gasteiger charge is 2.14. The number of aryl methyl sites for hydroxylation is 1. The number of esters is 1. The molecule has 0 aromatic carbocycles. The van der Waals surface area contributed by atoms with Gasteiger partial charge in [-0.25, -0.2) is 4.79 Å². The summed E-state index contributed by atoms with van der Waals surface area (Å²) >= 11 is 0. The number of hydrogen-bond acceptors (Lipinski definition) is 2. The van der Waals surface area contributed by atoms with Crippen LogP contribution in [0.1, 0.15) is 48.3 Å². The lowest BCUT2D eigenvalue weighted by atomic mass is 10.1. The highest BCUT2D eigenvalue weighted by atomic mass is 16.5. The van der Waals surface area contributed by atoms with E-state index in [1.54, 1.807) is 0 Å². The molecule has 0 radical (unpaired) electrons. The third kappa shape index (κ3) is 2.85. The number of ether oxygens (including phenoxy) is 1. The van der Waals surface area contributed by atoms with Crippen LogP contribution in [0, 0.1) is 6.92 Å². The van der Waals surface area contributed by atoms with Gasteiger partial charge in [0.25, 0.3) is 0 Å². The van der Waals surface area contributed by atoms with E-state index in [9.17, 15) is 4.79 Å². The second kappa shape index (κ2) is 5.59. The molecule has 0 aliphatic heterocycles. The van der Waals surface area contributed by atoms with Gasteiger partial charge in [-0.15, -0.1) is 0 Å². The number of carbonyl (C=O) groups excluding carboxylic acids is 1. The summed E-state index contributed by atoms with van der Waals surface area (Å²) in [5.41, 5.74) is 2.81. The van der Waals surface area contributed by atoms with Crippen LogP contribution in [-0.2, 0) is 11.2 Å². The minimum atomic E-state index is -0.228. The molecule has 0 saturated carbocycles. The Morgan fingerprint density at radius 1 is 1.47 bits per heavy atom. The van der Waals surface area contributed by atoms with Crippen molar-refractivity contribution in [1.29, 1.82) is 0 Å². The number of nitrogens with one attached hydrogen (secondary N) is 1. The van der Waals surface area contributed by atoms with Gasteiger partial charge < -0.3 is 9.72 Å². The first-order chi connectivity index (χ1) is 7.20. The summed E-state index contributed by atoms with van der Waals surface area (Å²) in [5.74, 6) is -0.228. The Labute approximate surface area is 90.8 Å². The van der Waals surface area contributed by atoms with Crippen molar-refractivity contribution in [1.82, 2.24) is 4.98 Å². The fourth-order valence-electron chi connectivity index (χ4n) is 1.57. The third-order valence-corrected chi connectivity index (χ3v) is 2.50. The monoisotopic (exact) mass is 209 g/mol. The number of unbranched alkanes of at least 4 members (excludes halogenated alkanes) is 1. The van der Waals surface area contributed by atoms with Gasteiger partial charge in [0.15, 0.2) is 0 Å². The van der Waals surface area contributed by atoms with E-state index in [0.29, 0.717) is 12.3 Å². The van der Waals surface area contributed by atoms with Crippen LogP contribution in [0.2, 0.25) is 0 Å². The number of aromatic amines is 1. The highest BCUT2D eigenvalue weighted by molar-refractivity contribution is 5.89. The number of carbonyl (C=O) groups is 1. The topological polar surface area (TPSA) is 42.1 Å². The Morgan fingerprint density at radius 2 is 2.20 bits per heavy atom. The van der Waals surface area contributed by atoms with Gasteiger partial charge in [-0.2, -0.15) is 0 Å². The number of rotatable bonds is 5. The molecule has 0 aliphatic carbocycles. The van der Waals surface area contributed by atoms with Crippen molar-refractivity contribution in [2.45, 2.75) is 40.0 Å². The van der Waals surface area contributed by atoms with Gasteiger partial charge >= 0.3 is 5.97 Å². The summed E-state index contributed by atoms with van der Waals surface area (Å²) in [7, 11) is 0. The first kappa shape index (κ1) is 11.8. The molecule has 3 nitrogen and oxygen atoms in total. The van der Waals surface area contributed by atoms with Crippen LogP contribution in [0.4, 0.5) is 0 Å². The maximum absolute atomic E-state index is 11.7. The summed E-state index contributed by atoms with van der Waals surface area (Å²) < 4.78 is 5.15. The Hall–Kier alpha value is -1.25. The van der Waals surface area contributed by atoms with Crippen LogP contribution in [0.25, 0.3) is 0 Å². The van der Waals surface area contributed by atoms with Crippen LogP contribution in [0.5, 0.6) is 0 Å². The normalized spacial score (nSPS) is 10.3. The number of aromatic nitrogens is 1. The molecular weight excluding hydrogens is 190 g/mol. The lowest BCUT2D eigenvalue weighted by Gasteiger charge is -2.04. The quantitative estimate of drug-likeness (QED) is 0.598.